The van der Waals surface area contributed by atoms with E-state index in [9.17, 15) is 4.79 Å². The van der Waals surface area contributed by atoms with Crippen molar-refractivity contribution in [1.29, 1.82) is 0 Å². The van der Waals surface area contributed by atoms with Crippen LogP contribution in [-0.4, -0.2) is 26.0 Å². The molecule has 2 rings (SSSR count). The van der Waals surface area contributed by atoms with Crippen LogP contribution in [0.1, 0.15) is 10.4 Å². The number of nitrogens with one attached hydrogen (secondary N) is 2. The first-order valence-electron chi connectivity index (χ1n) is 5.83. The van der Waals surface area contributed by atoms with E-state index in [1.54, 1.807) is 0 Å². The number of hydrogen-bond donors (Lipinski definition) is 2. The van der Waals surface area contributed by atoms with E-state index >= 15 is 0 Å². The second-order valence-electron chi connectivity index (χ2n) is 4.07. The van der Waals surface area contributed by atoms with E-state index in [2.05, 4.69) is 26.6 Å². The van der Waals surface area contributed by atoms with Crippen LogP contribution in [0.5, 0.6) is 0 Å². The SMILES string of the molecule is CNCCNC(=O)c1ccc2cc(Br)ccc2c1. The van der Waals surface area contributed by atoms with Gasteiger partial charge >= 0.3 is 0 Å². The Kier molecular flexibility index (Phi) is 4.33. The van der Waals surface area contributed by atoms with Crippen LogP contribution >= 0.6 is 15.9 Å². The van der Waals surface area contributed by atoms with Gasteiger partial charge in [0.2, 0.25) is 0 Å². The van der Waals surface area contributed by atoms with E-state index in [1.165, 1.54) is 0 Å². The van der Waals surface area contributed by atoms with Gasteiger partial charge < -0.3 is 10.6 Å². The third-order valence-corrected chi connectivity index (χ3v) is 3.22. The first kappa shape index (κ1) is 13.1. The standard InChI is InChI=1S/C14H15BrN2O/c1-16-6-7-17-14(18)12-3-2-11-9-13(15)5-4-10(11)8-12/h2-5,8-9,16H,6-7H2,1H3,(H,17,18). The monoisotopic (exact) mass is 306 g/mol. The molecular weight excluding hydrogens is 292 g/mol. The van der Waals surface area contributed by atoms with Crippen LogP contribution in [0.2, 0.25) is 0 Å². The molecule has 0 saturated heterocycles. The van der Waals surface area contributed by atoms with Crippen molar-refractivity contribution in [2.75, 3.05) is 20.1 Å². The lowest BCUT2D eigenvalue weighted by molar-refractivity contribution is 0.0954. The van der Waals surface area contributed by atoms with Crippen molar-refractivity contribution < 1.29 is 4.79 Å². The molecule has 94 valence electrons. The van der Waals surface area contributed by atoms with Crippen molar-refractivity contribution >= 4 is 32.6 Å². The lowest BCUT2D eigenvalue weighted by atomic mass is 10.1. The largest absolute Gasteiger partial charge is 0.351 e. The van der Waals surface area contributed by atoms with Crippen LogP contribution in [0.4, 0.5) is 0 Å². The number of amides is 1. The van der Waals surface area contributed by atoms with Crippen LogP contribution < -0.4 is 10.6 Å². The normalized spacial score (nSPS) is 10.6. The number of hydrogen-bond acceptors (Lipinski definition) is 2. The molecule has 0 unspecified atom stereocenters. The number of carbonyl (C=O) groups excluding carboxylic acids is 1. The molecule has 0 saturated carbocycles. The number of halogens is 1. The molecule has 18 heavy (non-hydrogen) atoms. The predicted molar refractivity (Wildman–Crippen MR) is 77.9 cm³/mol. The fraction of sp³-hybridized carbons (Fsp3) is 0.214. The number of fused-ring (bicyclic) bond motifs is 1. The van der Waals surface area contributed by atoms with Gasteiger partial charge in [0, 0.05) is 23.1 Å². The average molecular weight is 307 g/mol. The van der Waals surface area contributed by atoms with Crippen molar-refractivity contribution in [3.05, 3.63) is 46.4 Å². The first-order valence-corrected chi connectivity index (χ1v) is 6.62. The van der Waals surface area contributed by atoms with E-state index in [1.807, 2.05) is 43.4 Å². The van der Waals surface area contributed by atoms with Crippen LogP contribution in [0, 0.1) is 0 Å². The molecule has 4 heteroatoms. The maximum atomic E-state index is 11.9. The number of rotatable bonds is 4. The molecule has 0 spiro atoms. The van der Waals surface area contributed by atoms with Crippen LogP contribution in [0.3, 0.4) is 0 Å². The Morgan fingerprint density at radius 2 is 1.83 bits per heavy atom. The minimum atomic E-state index is -0.0323. The van der Waals surface area contributed by atoms with E-state index in [0.29, 0.717) is 12.1 Å². The highest BCUT2D eigenvalue weighted by atomic mass is 79.9. The molecule has 0 aliphatic rings. The van der Waals surface area contributed by atoms with Gasteiger partial charge in [-0.25, -0.2) is 0 Å². The summed E-state index contributed by atoms with van der Waals surface area (Å²) in [5, 5.41) is 8.05. The highest BCUT2D eigenvalue weighted by Gasteiger charge is 2.05. The minimum absolute atomic E-state index is 0.0323. The van der Waals surface area contributed by atoms with E-state index < -0.39 is 0 Å². The van der Waals surface area contributed by atoms with Gasteiger partial charge in [-0.3, -0.25) is 4.79 Å². The summed E-state index contributed by atoms with van der Waals surface area (Å²) in [5.74, 6) is -0.0323. The smallest absolute Gasteiger partial charge is 0.251 e. The van der Waals surface area contributed by atoms with Gasteiger partial charge in [0.05, 0.1) is 0 Å². The zero-order chi connectivity index (χ0) is 13.0. The average Bonchev–Trinajstić information content (AvgIpc) is 2.38. The molecule has 0 atom stereocenters. The van der Waals surface area contributed by atoms with Gasteiger partial charge in [-0.1, -0.05) is 28.1 Å². The van der Waals surface area contributed by atoms with Crippen LogP contribution in [-0.2, 0) is 0 Å². The molecule has 2 aromatic rings. The quantitative estimate of drug-likeness (QED) is 0.852. The predicted octanol–water partition coefficient (Wildman–Crippen LogP) is 2.55. The summed E-state index contributed by atoms with van der Waals surface area (Å²) < 4.78 is 1.04. The van der Waals surface area contributed by atoms with Gasteiger partial charge in [0.1, 0.15) is 0 Å². The van der Waals surface area contributed by atoms with Crippen molar-refractivity contribution in [1.82, 2.24) is 10.6 Å². The van der Waals surface area contributed by atoms with Crippen molar-refractivity contribution in [2.24, 2.45) is 0 Å². The Hall–Kier alpha value is -1.39. The molecule has 2 aromatic carbocycles. The summed E-state index contributed by atoms with van der Waals surface area (Å²) in [6.07, 6.45) is 0. The molecule has 2 N–H and O–H groups in total. The summed E-state index contributed by atoms with van der Waals surface area (Å²) >= 11 is 3.44. The van der Waals surface area contributed by atoms with Crippen LogP contribution in [0.15, 0.2) is 40.9 Å². The molecule has 0 aliphatic carbocycles. The Bertz CT molecular complexity index is 569. The summed E-state index contributed by atoms with van der Waals surface area (Å²) in [5.41, 5.74) is 0.695. The zero-order valence-electron chi connectivity index (χ0n) is 10.2. The maximum absolute atomic E-state index is 11.9. The Labute approximate surface area is 115 Å². The highest BCUT2D eigenvalue weighted by Crippen LogP contribution is 2.20. The lowest BCUT2D eigenvalue weighted by Crippen LogP contribution is -2.30. The summed E-state index contributed by atoms with van der Waals surface area (Å²) in [7, 11) is 1.86. The first-order chi connectivity index (χ1) is 8.70. The molecule has 0 bridgehead atoms. The fourth-order valence-electron chi connectivity index (χ4n) is 1.76. The third-order valence-electron chi connectivity index (χ3n) is 2.73. The second kappa shape index (κ2) is 5.98. The third kappa shape index (κ3) is 3.09. The second-order valence-corrected chi connectivity index (χ2v) is 4.98. The van der Waals surface area contributed by atoms with Gasteiger partial charge in [-0.05, 0) is 42.1 Å². The summed E-state index contributed by atoms with van der Waals surface area (Å²) in [6.45, 7) is 1.40. The fourth-order valence-corrected chi connectivity index (χ4v) is 2.14. The lowest BCUT2D eigenvalue weighted by Gasteiger charge is -2.06. The van der Waals surface area contributed by atoms with Gasteiger partial charge in [-0.15, -0.1) is 0 Å². The Morgan fingerprint density at radius 1 is 1.11 bits per heavy atom. The van der Waals surface area contributed by atoms with Crippen LogP contribution in [0.25, 0.3) is 10.8 Å². The number of benzene rings is 2. The maximum Gasteiger partial charge on any atom is 0.251 e. The summed E-state index contributed by atoms with van der Waals surface area (Å²) in [6, 6.07) is 11.7. The van der Waals surface area contributed by atoms with E-state index in [0.717, 1.165) is 21.8 Å². The molecular formula is C14H15BrN2O. The molecule has 0 aliphatic heterocycles. The molecule has 0 fully saturated rings. The Balaban J connectivity index is 2.19. The molecule has 0 aromatic heterocycles. The van der Waals surface area contributed by atoms with Gasteiger partial charge in [0.25, 0.3) is 5.91 Å². The number of carbonyl (C=O) groups is 1. The number of likely N-dealkylation sites (N-methyl/N-ethyl adjacent to an activating group) is 1. The highest BCUT2D eigenvalue weighted by molar-refractivity contribution is 9.10. The molecule has 1 amide bonds. The summed E-state index contributed by atoms with van der Waals surface area (Å²) in [4.78, 5) is 11.9. The van der Waals surface area contributed by atoms with Gasteiger partial charge in [0.15, 0.2) is 0 Å². The van der Waals surface area contributed by atoms with E-state index in [-0.39, 0.29) is 5.91 Å². The van der Waals surface area contributed by atoms with Crippen molar-refractivity contribution in [3.63, 3.8) is 0 Å². The van der Waals surface area contributed by atoms with E-state index in [4.69, 9.17) is 0 Å². The zero-order valence-corrected chi connectivity index (χ0v) is 11.8. The van der Waals surface area contributed by atoms with Gasteiger partial charge in [-0.2, -0.15) is 0 Å². The molecule has 3 nitrogen and oxygen atoms in total. The molecule has 0 radical (unpaired) electrons. The minimum Gasteiger partial charge on any atom is -0.351 e. The van der Waals surface area contributed by atoms with Crippen molar-refractivity contribution in [2.45, 2.75) is 0 Å². The molecule has 0 heterocycles. The van der Waals surface area contributed by atoms with Crippen molar-refractivity contribution in [3.8, 4) is 0 Å². The Morgan fingerprint density at radius 3 is 2.61 bits per heavy atom. The topological polar surface area (TPSA) is 41.1 Å².